The van der Waals surface area contributed by atoms with E-state index in [2.05, 4.69) is 30.2 Å². The second kappa shape index (κ2) is 6.06. The molecule has 0 radical (unpaired) electrons. The molecule has 0 unspecified atom stereocenters. The van der Waals surface area contributed by atoms with Crippen LogP contribution >= 0.6 is 11.3 Å². The van der Waals surface area contributed by atoms with Gasteiger partial charge in [-0.3, -0.25) is 4.79 Å². The van der Waals surface area contributed by atoms with Crippen molar-refractivity contribution in [2.24, 2.45) is 11.1 Å². The second-order valence-corrected chi connectivity index (χ2v) is 6.47. The summed E-state index contributed by atoms with van der Waals surface area (Å²) in [5.74, 6) is 0.260. The molecule has 106 valence electrons. The first-order valence-corrected chi connectivity index (χ1v) is 8.08. The normalized spacial score (nSPS) is 15.5. The van der Waals surface area contributed by atoms with Gasteiger partial charge in [0.2, 0.25) is 5.91 Å². The molecular formula is C15H24N2OS. The quantitative estimate of drug-likeness (QED) is 0.834. The zero-order valence-electron chi connectivity index (χ0n) is 11.9. The van der Waals surface area contributed by atoms with Gasteiger partial charge in [-0.15, -0.1) is 11.3 Å². The number of nitrogens with zero attached hydrogens (tertiary/aromatic N) is 1. The summed E-state index contributed by atoms with van der Waals surface area (Å²) >= 11 is 1.72. The van der Waals surface area contributed by atoms with Gasteiger partial charge < -0.3 is 10.6 Å². The molecule has 2 N–H and O–H groups in total. The van der Waals surface area contributed by atoms with Crippen molar-refractivity contribution >= 4 is 17.2 Å². The van der Waals surface area contributed by atoms with Crippen LogP contribution in [0.1, 0.15) is 44.4 Å². The monoisotopic (exact) mass is 280 g/mol. The molecule has 2 rings (SSSR count). The highest BCUT2D eigenvalue weighted by atomic mass is 32.1. The molecule has 0 atom stereocenters. The van der Waals surface area contributed by atoms with E-state index in [1.165, 1.54) is 4.88 Å². The van der Waals surface area contributed by atoms with E-state index in [-0.39, 0.29) is 11.3 Å². The first-order chi connectivity index (χ1) is 9.16. The van der Waals surface area contributed by atoms with E-state index >= 15 is 0 Å². The number of rotatable bonds is 7. The van der Waals surface area contributed by atoms with E-state index in [0.717, 1.165) is 32.2 Å². The number of nitrogens with two attached hydrogens (primary N) is 1. The van der Waals surface area contributed by atoms with Gasteiger partial charge in [-0.1, -0.05) is 19.9 Å². The van der Waals surface area contributed by atoms with Gasteiger partial charge in [0.15, 0.2) is 0 Å². The fourth-order valence-electron chi connectivity index (χ4n) is 2.56. The summed E-state index contributed by atoms with van der Waals surface area (Å²) in [4.78, 5) is 16.3. The summed E-state index contributed by atoms with van der Waals surface area (Å²) in [5, 5.41) is 2.07. The fraction of sp³-hybridized carbons (Fsp3) is 0.667. The van der Waals surface area contributed by atoms with Crippen molar-refractivity contribution in [3.63, 3.8) is 0 Å². The van der Waals surface area contributed by atoms with Gasteiger partial charge in [-0.25, -0.2) is 0 Å². The molecule has 0 aromatic carbocycles. The number of thiophene rings is 1. The van der Waals surface area contributed by atoms with Gasteiger partial charge in [0.05, 0.1) is 12.0 Å². The molecule has 1 aliphatic carbocycles. The largest absolute Gasteiger partial charge is 0.334 e. The molecule has 1 aromatic heterocycles. The smallest absolute Gasteiger partial charge is 0.230 e. The van der Waals surface area contributed by atoms with E-state index in [0.29, 0.717) is 12.6 Å². The van der Waals surface area contributed by atoms with Crippen molar-refractivity contribution in [3.05, 3.63) is 22.4 Å². The van der Waals surface area contributed by atoms with E-state index < -0.39 is 0 Å². The first-order valence-electron chi connectivity index (χ1n) is 7.20. The van der Waals surface area contributed by atoms with Gasteiger partial charge in [0.25, 0.3) is 0 Å². The summed E-state index contributed by atoms with van der Waals surface area (Å²) in [6.07, 6.45) is 3.94. The average Bonchev–Trinajstić information content (AvgIpc) is 3.15. The molecule has 1 aliphatic rings. The summed E-state index contributed by atoms with van der Waals surface area (Å²) < 4.78 is 0. The zero-order chi connectivity index (χ0) is 13.9. The van der Waals surface area contributed by atoms with Crippen molar-refractivity contribution in [1.29, 1.82) is 0 Å². The Morgan fingerprint density at radius 1 is 1.47 bits per heavy atom. The van der Waals surface area contributed by atoms with Crippen LogP contribution in [0.15, 0.2) is 17.5 Å². The van der Waals surface area contributed by atoms with Crippen LogP contribution in [0.2, 0.25) is 0 Å². The molecule has 1 heterocycles. The predicted octanol–water partition coefficient (Wildman–Crippen LogP) is 3.00. The van der Waals surface area contributed by atoms with E-state index in [9.17, 15) is 4.79 Å². The highest BCUT2D eigenvalue weighted by Crippen LogP contribution is 2.36. The predicted molar refractivity (Wildman–Crippen MR) is 80.0 cm³/mol. The summed E-state index contributed by atoms with van der Waals surface area (Å²) in [5.41, 5.74) is 5.56. The average molecular weight is 280 g/mol. The number of hydrogen-bond donors (Lipinski definition) is 1. The Hall–Kier alpha value is -0.870. The van der Waals surface area contributed by atoms with Crippen molar-refractivity contribution in [2.75, 3.05) is 6.54 Å². The Balaban J connectivity index is 2.16. The van der Waals surface area contributed by atoms with Crippen molar-refractivity contribution in [3.8, 4) is 0 Å². The zero-order valence-corrected chi connectivity index (χ0v) is 12.7. The lowest BCUT2D eigenvalue weighted by Gasteiger charge is -2.35. The Kier molecular flexibility index (Phi) is 4.63. The Labute approximate surface area is 119 Å². The van der Waals surface area contributed by atoms with Gasteiger partial charge in [0, 0.05) is 17.5 Å². The third-order valence-corrected chi connectivity index (χ3v) is 5.21. The standard InChI is InChI=1S/C15H24N2OS/c1-3-15(4-2,11-16)14(18)17(12-7-8-12)10-13-6-5-9-19-13/h5-6,9,12H,3-4,7-8,10-11,16H2,1-2H3. The maximum Gasteiger partial charge on any atom is 0.230 e. The summed E-state index contributed by atoms with van der Waals surface area (Å²) in [6, 6.07) is 4.60. The van der Waals surface area contributed by atoms with Gasteiger partial charge in [-0.05, 0) is 37.1 Å². The maximum atomic E-state index is 12.9. The third kappa shape index (κ3) is 3.00. The minimum atomic E-state index is -0.361. The van der Waals surface area contributed by atoms with E-state index in [4.69, 9.17) is 5.73 Å². The number of hydrogen-bond acceptors (Lipinski definition) is 3. The molecule has 1 fully saturated rings. The molecular weight excluding hydrogens is 256 g/mol. The van der Waals surface area contributed by atoms with Crippen molar-refractivity contribution in [2.45, 2.75) is 52.1 Å². The van der Waals surface area contributed by atoms with Crippen LogP contribution in [0.4, 0.5) is 0 Å². The fourth-order valence-corrected chi connectivity index (χ4v) is 3.26. The van der Waals surface area contributed by atoms with Crippen LogP contribution in [0.3, 0.4) is 0 Å². The van der Waals surface area contributed by atoms with Crippen LogP contribution in [-0.2, 0) is 11.3 Å². The minimum absolute atomic E-state index is 0.260. The van der Waals surface area contributed by atoms with Crippen LogP contribution < -0.4 is 5.73 Å². The Morgan fingerprint density at radius 3 is 2.58 bits per heavy atom. The highest BCUT2D eigenvalue weighted by molar-refractivity contribution is 7.09. The first kappa shape index (κ1) is 14.5. The number of carbonyl (C=O) groups is 1. The summed E-state index contributed by atoms with van der Waals surface area (Å²) in [6.45, 7) is 5.35. The van der Waals surface area contributed by atoms with Crippen molar-refractivity contribution < 1.29 is 4.79 Å². The SMILES string of the molecule is CCC(CC)(CN)C(=O)N(Cc1cccs1)C1CC1. The molecule has 0 spiro atoms. The topological polar surface area (TPSA) is 46.3 Å². The molecule has 1 amide bonds. The van der Waals surface area contributed by atoms with E-state index in [1.807, 2.05) is 6.07 Å². The third-order valence-electron chi connectivity index (χ3n) is 4.35. The van der Waals surface area contributed by atoms with E-state index in [1.54, 1.807) is 11.3 Å². The second-order valence-electron chi connectivity index (χ2n) is 5.44. The van der Waals surface area contributed by atoms with Crippen LogP contribution in [-0.4, -0.2) is 23.4 Å². The molecule has 4 heteroatoms. The Bertz CT molecular complexity index is 400. The molecule has 19 heavy (non-hydrogen) atoms. The molecule has 0 saturated heterocycles. The highest BCUT2D eigenvalue weighted by Gasteiger charge is 2.42. The number of carbonyl (C=O) groups excluding carboxylic acids is 1. The van der Waals surface area contributed by atoms with Gasteiger partial charge in [0.1, 0.15) is 0 Å². The Morgan fingerprint density at radius 2 is 2.16 bits per heavy atom. The number of amides is 1. The van der Waals surface area contributed by atoms with Gasteiger partial charge >= 0.3 is 0 Å². The van der Waals surface area contributed by atoms with Crippen LogP contribution in [0.5, 0.6) is 0 Å². The molecule has 3 nitrogen and oxygen atoms in total. The lowest BCUT2D eigenvalue weighted by atomic mass is 9.81. The lowest BCUT2D eigenvalue weighted by Crippen LogP contribution is -2.48. The molecule has 1 saturated carbocycles. The molecule has 0 bridgehead atoms. The molecule has 0 aliphatic heterocycles. The lowest BCUT2D eigenvalue weighted by molar-refractivity contribution is -0.143. The van der Waals surface area contributed by atoms with Crippen molar-refractivity contribution in [1.82, 2.24) is 4.90 Å². The minimum Gasteiger partial charge on any atom is -0.334 e. The van der Waals surface area contributed by atoms with Crippen LogP contribution in [0.25, 0.3) is 0 Å². The maximum absolute atomic E-state index is 12.9. The van der Waals surface area contributed by atoms with Crippen LogP contribution in [0, 0.1) is 5.41 Å². The summed E-state index contributed by atoms with van der Waals surface area (Å²) in [7, 11) is 0. The van der Waals surface area contributed by atoms with Gasteiger partial charge in [-0.2, -0.15) is 0 Å². The molecule has 1 aromatic rings.